The first-order valence-electron chi connectivity index (χ1n) is 2.92. The van der Waals surface area contributed by atoms with Crippen molar-refractivity contribution in [1.82, 2.24) is 0 Å². The molecule has 9 heavy (non-hydrogen) atoms. The molecule has 0 radical (unpaired) electrons. The molecule has 0 aliphatic heterocycles. The van der Waals surface area contributed by atoms with Crippen molar-refractivity contribution in [3.05, 3.63) is 0 Å². The first-order chi connectivity index (χ1) is 4.06. The van der Waals surface area contributed by atoms with Crippen molar-refractivity contribution < 1.29 is 14.4 Å². The molecule has 0 unspecified atom stereocenters. The molecule has 3 nitrogen and oxygen atoms in total. The van der Waals surface area contributed by atoms with E-state index >= 15 is 0 Å². The minimum atomic E-state index is 0.281. The Morgan fingerprint density at radius 2 is 1.56 bits per heavy atom. The van der Waals surface area contributed by atoms with Gasteiger partial charge in [-0.05, 0) is 0 Å². The molecule has 0 aromatic carbocycles. The van der Waals surface area contributed by atoms with Gasteiger partial charge in [-0.15, -0.1) is 0 Å². The number of quaternary nitrogens is 1. The van der Waals surface area contributed by atoms with Crippen LogP contribution in [0.5, 0.6) is 0 Å². The Morgan fingerprint density at radius 3 is 1.56 bits per heavy atom. The molecule has 0 aromatic heterocycles. The second-order valence-electron chi connectivity index (χ2n) is 2.74. The summed E-state index contributed by atoms with van der Waals surface area (Å²) in [7, 11) is 6.46. The fraction of sp³-hybridized carbons (Fsp3) is 1.00. The minimum absolute atomic E-state index is 0.281. The molecule has 0 aromatic rings. The third kappa shape index (κ3) is 17.9. The Balaban J connectivity index is 0. The Kier molecular flexibility index (Phi) is 8.18. The maximum atomic E-state index is 8.39. The molecule has 0 amide bonds. The van der Waals surface area contributed by atoms with E-state index in [2.05, 4.69) is 21.1 Å². The monoisotopic (exact) mass is 152 g/mol. The first-order valence-corrected chi connectivity index (χ1v) is 3.82. The van der Waals surface area contributed by atoms with Gasteiger partial charge in [0.15, 0.2) is 0 Å². The molecule has 2 N–H and O–H groups in total. The second-order valence-corrected chi connectivity index (χ2v) is 2.74. The van der Waals surface area contributed by atoms with Crippen molar-refractivity contribution in [2.24, 2.45) is 0 Å². The van der Waals surface area contributed by atoms with Crippen LogP contribution in [0.4, 0.5) is 0 Å². The van der Waals surface area contributed by atoms with Gasteiger partial charge in [0.25, 0.3) is 0 Å². The number of rotatable bonds is 2. The zero-order valence-electron chi connectivity index (χ0n) is 6.76. The average Bonchev–Trinajstić information content (AvgIpc) is 1.69. The van der Waals surface area contributed by atoms with Crippen LogP contribution in [0.25, 0.3) is 0 Å². The van der Waals surface area contributed by atoms with Crippen LogP contribution < -0.4 is 0 Å². The van der Waals surface area contributed by atoms with Crippen molar-refractivity contribution in [2.45, 2.75) is 0 Å². The van der Waals surface area contributed by atoms with Crippen LogP contribution in [0.2, 0.25) is 0 Å². The summed E-state index contributed by atoms with van der Waals surface area (Å²) in [6.45, 7) is 1.11. The van der Waals surface area contributed by atoms with E-state index in [0.717, 1.165) is 11.0 Å². The van der Waals surface area contributed by atoms with Gasteiger partial charge in [-0.2, -0.15) is 0 Å². The maximum Gasteiger partial charge on any atom is 0.141 e. The normalized spacial score (nSPS) is 10.3. The molecule has 0 bridgehead atoms. The van der Waals surface area contributed by atoms with Crippen LogP contribution in [0.1, 0.15) is 0 Å². The van der Waals surface area contributed by atoms with Crippen LogP contribution in [0.15, 0.2) is 0 Å². The number of likely N-dealkylation sites (N-methyl/N-ethyl adjacent to an activating group) is 1. The van der Waals surface area contributed by atoms with Crippen LogP contribution >= 0.6 is 0 Å². The van der Waals surface area contributed by atoms with E-state index in [4.69, 9.17) is 9.90 Å². The fourth-order valence-electron chi connectivity index (χ4n) is 0.300. The van der Waals surface area contributed by atoms with E-state index in [1.54, 1.807) is 0 Å². The minimum Gasteiger partial charge on any atom is -0.442 e. The van der Waals surface area contributed by atoms with Gasteiger partial charge in [0.05, 0.1) is 27.7 Å². The third-order valence-electron chi connectivity index (χ3n) is 0.771. The SMILES string of the molecule is C[N+](C)(C)CCO.O[SiH3]. The summed E-state index contributed by atoms with van der Waals surface area (Å²) < 4.78 is 0.844. The Morgan fingerprint density at radius 1 is 1.22 bits per heavy atom. The fourth-order valence-corrected chi connectivity index (χ4v) is 0.300. The largest absolute Gasteiger partial charge is 0.442 e. The zero-order chi connectivity index (χ0) is 7.91. The van der Waals surface area contributed by atoms with Gasteiger partial charge in [0.1, 0.15) is 17.0 Å². The highest BCUT2D eigenvalue weighted by Crippen LogP contribution is 1.84. The molecule has 0 saturated carbocycles. The Bertz CT molecular complexity index is 53.4. The zero-order valence-corrected chi connectivity index (χ0v) is 8.76. The van der Waals surface area contributed by atoms with Crippen molar-refractivity contribution in [3.63, 3.8) is 0 Å². The summed E-state index contributed by atoms with van der Waals surface area (Å²) in [6.07, 6.45) is 0. The quantitative estimate of drug-likeness (QED) is 0.353. The predicted molar refractivity (Wildman–Crippen MR) is 42.1 cm³/mol. The summed E-state index contributed by atoms with van der Waals surface area (Å²) in [5, 5.41) is 8.39. The number of hydrogen-bond acceptors (Lipinski definition) is 2. The molecular weight excluding hydrogens is 134 g/mol. The van der Waals surface area contributed by atoms with Crippen LogP contribution in [-0.4, -0.2) is 59.2 Å². The predicted octanol–water partition coefficient (Wildman–Crippen LogP) is -2.06. The van der Waals surface area contributed by atoms with Crippen LogP contribution in [-0.2, 0) is 0 Å². The first kappa shape index (κ1) is 11.8. The van der Waals surface area contributed by atoms with Crippen molar-refractivity contribution in [3.8, 4) is 0 Å². The second kappa shape index (κ2) is 6.22. The molecular formula is C5H18NO2Si+. The maximum absolute atomic E-state index is 8.39. The number of aliphatic hydroxyl groups excluding tert-OH is 1. The van der Waals surface area contributed by atoms with Gasteiger partial charge < -0.3 is 14.4 Å². The summed E-state index contributed by atoms with van der Waals surface area (Å²) in [4.78, 5) is 7.14. The lowest BCUT2D eigenvalue weighted by atomic mass is 10.5. The molecule has 0 fully saturated rings. The summed E-state index contributed by atoms with van der Waals surface area (Å²) in [5.74, 6) is 0. The molecule has 0 aliphatic carbocycles. The number of nitrogens with zero attached hydrogens (tertiary/aromatic N) is 1. The van der Waals surface area contributed by atoms with E-state index in [-0.39, 0.29) is 6.61 Å². The van der Waals surface area contributed by atoms with Gasteiger partial charge in [-0.1, -0.05) is 0 Å². The smallest absolute Gasteiger partial charge is 0.141 e. The lowest BCUT2D eigenvalue weighted by molar-refractivity contribution is -0.870. The molecule has 0 saturated heterocycles. The van der Waals surface area contributed by atoms with Gasteiger partial charge in [-0.25, -0.2) is 0 Å². The van der Waals surface area contributed by atoms with Crippen molar-refractivity contribution >= 4 is 10.5 Å². The van der Waals surface area contributed by atoms with E-state index < -0.39 is 0 Å². The topological polar surface area (TPSA) is 40.5 Å². The summed E-state index contributed by atoms with van der Waals surface area (Å²) >= 11 is 0. The van der Waals surface area contributed by atoms with Gasteiger partial charge in [-0.3, -0.25) is 0 Å². The lowest BCUT2D eigenvalue weighted by Gasteiger charge is -2.21. The molecule has 58 valence electrons. The standard InChI is InChI=1S/C5H14NO.H4OSi/c1-6(2,3)4-5-7;1-2/h7H,4-5H2,1-3H3;1H,2H3/q+1;. The van der Waals surface area contributed by atoms with Crippen molar-refractivity contribution in [1.29, 1.82) is 0 Å². The average molecular weight is 152 g/mol. The van der Waals surface area contributed by atoms with Gasteiger partial charge in [0, 0.05) is 0 Å². The molecule has 0 spiro atoms. The van der Waals surface area contributed by atoms with Gasteiger partial charge in [0.2, 0.25) is 0 Å². The van der Waals surface area contributed by atoms with Gasteiger partial charge >= 0.3 is 0 Å². The highest BCUT2D eigenvalue weighted by molar-refractivity contribution is 5.95. The Labute approximate surface area is 60.1 Å². The lowest BCUT2D eigenvalue weighted by Crippen LogP contribution is -2.36. The van der Waals surface area contributed by atoms with E-state index in [1.807, 2.05) is 0 Å². The van der Waals surface area contributed by atoms with Crippen LogP contribution in [0, 0.1) is 0 Å². The molecule has 0 atom stereocenters. The highest BCUT2D eigenvalue weighted by Gasteiger charge is 2.02. The molecule has 0 rings (SSSR count). The third-order valence-corrected chi connectivity index (χ3v) is 0.771. The highest BCUT2D eigenvalue weighted by atomic mass is 28.2. The van der Waals surface area contributed by atoms with Crippen molar-refractivity contribution in [2.75, 3.05) is 34.3 Å². The molecule has 0 heterocycles. The molecule has 4 heteroatoms. The Hall–Kier alpha value is 0.0969. The molecule has 0 aliphatic rings. The van der Waals surface area contributed by atoms with E-state index in [9.17, 15) is 0 Å². The number of hydrogen-bond donors (Lipinski definition) is 2. The summed E-state index contributed by atoms with van der Waals surface area (Å²) in [6, 6.07) is 0. The number of aliphatic hydroxyl groups is 1. The van der Waals surface area contributed by atoms with Crippen LogP contribution in [0.3, 0.4) is 0 Å². The van der Waals surface area contributed by atoms with E-state index in [0.29, 0.717) is 10.5 Å². The summed E-state index contributed by atoms with van der Waals surface area (Å²) in [5.41, 5.74) is 0. The van der Waals surface area contributed by atoms with E-state index in [1.165, 1.54) is 0 Å².